The normalized spacial score (nSPS) is 14.2. The summed E-state index contributed by atoms with van der Waals surface area (Å²) < 4.78 is 0. The summed E-state index contributed by atoms with van der Waals surface area (Å²) in [6, 6.07) is 12.1. The molecule has 0 radical (unpaired) electrons. The standard InChI is InChI=1S/C17H19N3O/c1-13(2)19-11-12-20(16-6-4-3-5-15(16)19)17(21)14-7-9-18-10-8-14/h3-10,13H,11-12H2,1-2H3. The largest absolute Gasteiger partial charge is 0.366 e. The molecule has 4 heteroatoms. The van der Waals surface area contributed by atoms with Gasteiger partial charge >= 0.3 is 0 Å². The van der Waals surface area contributed by atoms with E-state index in [2.05, 4.69) is 29.8 Å². The number of hydrogen-bond donors (Lipinski definition) is 0. The van der Waals surface area contributed by atoms with Gasteiger partial charge in [-0.05, 0) is 38.1 Å². The number of para-hydroxylation sites is 2. The number of amides is 1. The summed E-state index contributed by atoms with van der Waals surface area (Å²) in [5, 5.41) is 0. The van der Waals surface area contributed by atoms with E-state index in [0.29, 0.717) is 18.2 Å². The third-order valence-corrected chi connectivity index (χ3v) is 3.84. The molecule has 0 saturated heterocycles. The predicted molar refractivity (Wildman–Crippen MR) is 84.8 cm³/mol. The van der Waals surface area contributed by atoms with Gasteiger partial charge in [-0.2, -0.15) is 0 Å². The van der Waals surface area contributed by atoms with Crippen LogP contribution in [-0.4, -0.2) is 30.0 Å². The first-order valence-electron chi connectivity index (χ1n) is 7.26. The van der Waals surface area contributed by atoms with Gasteiger partial charge in [-0.3, -0.25) is 9.78 Å². The molecule has 2 aromatic rings. The van der Waals surface area contributed by atoms with Crippen LogP contribution in [0.15, 0.2) is 48.8 Å². The van der Waals surface area contributed by atoms with E-state index in [1.807, 2.05) is 23.1 Å². The molecule has 0 saturated carbocycles. The minimum atomic E-state index is 0.0354. The summed E-state index contributed by atoms with van der Waals surface area (Å²) in [4.78, 5) is 20.9. The Hall–Kier alpha value is -2.36. The molecule has 2 heterocycles. The lowest BCUT2D eigenvalue weighted by atomic mass is 10.1. The van der Waals surface area contributed by atoms with Crippen LogP contribution in [0.5, 0.6) is 0 Å². The highest BCUT2D eigenvalue weighted by molar-refractivity contribution is 6.08. The molecule has 0 aliphatic carbocycles. The third-order valence-electron chi connectivity index (χ3n) is 3.84. The number of fused-ring (bicyclic) bond motifs is 1. The van der Waals surface area contributed by atoms with Crippen LogP contribution in [0.25, 0.3) is 0 Å². The van der Waals surface area contributed by atoms with Gasteiger partial charge in [-0.1, -0.05) is 12.1 Å². The fraction of sp³-hybridized carbons (Fsp3) is 0.294. The van der Waals surface area contributed by atoms with Crippen molar-refractivity contribution in [2.75, 3.05) is 22.9 Å². The Morgan fingerprint density at radius 3 is 2.38 bits per heavy atom. The Labute approximate surface area is 125 Å². The molecule has 1 aliphatic rings. The second-order valence-electron chi connectivity index (χ2n) is 5.47. The molecule has 108 valence electrons. The number of hydrogen-bond acceptors (Lipinski definition) is 3. The highest BCUT2D eigenvalue weighted by Gasteiger charge is 2.28. The Kier molecular flexibility index (Phi) is 3.60. The lowest BCUT2D eigenvalue weighted by molar-refractivity contribution is 0.0986. The quantitative estimate of drug-likeness (QED) is 0.849. The van der Waals surface area contributed by atoms with Crippen LogP contribution in [0.4, 0.5) is 11.4 Å². The molecule has 1 aromatic heterocycles. The third kappa shape index (κ3) is 2.49. The molecule has 4 nitrogen and oxygen atoms in total. The molecular weight excluding hydrogens is 262 g/mol. The minimum absolute atomic E-state index is 0.0354. The van der Waals surface area contributed by atoms with Gasteiger partial charge in [0.15, 0.2) is 0 Å². The minimum Gasteiger partial charge on any atom is -0.366 e. The number of pyridine rings is 1. The number of benzene rings is 1. The van der Waals surface area contributed by atoms with E-state index in [9.17, 15) is 4.79 Å². The smallest absolute Gasteiger partial charge is 0.258 e. The van der Waals surface area contributed by atoms with Gasteiger partial charge < -0.3 is 9.80 Å². The molecule has 0 bridgehead atoms. The lowest BCUT2D eigenvalue weighted by Gasteiger charge is -2.40. The lowest BCUT2D eigenvalue weighted by Crippen LogP contribution is -2.46. The summed E-state index contributed by atoms with van der Waals surface area (Å²) in [6.45, 7) is 5.91. The SMILES string of the molecule is CC(C)N1CCN(C(=O)c2ccncc2)c2ccccc21. The molecule has 1 aliphatic heterocycles. The number of rotatable bonds is 2. The van der Waals surface area contributed by atoms with Crippen molar-refractivity contribution < 1.29 is 4.79 Å². The molecule has 0 atom stereocenters. The van der Waals surface area contributed by atoms with Crippen LogP contribution in [-0.2, 0) is 0 Å². The first-order valence-corrected chi connectivity index (χ1v) is 7.26. The zero-order chi connectivity index (χ0) is 14.8. The fourth-order valence-corrected chi connectivity index (χ4v) is 2.78. The summed E-state index contributed by atoms with van der Waals surface area (Å²) in [5.41, 5.74) is 2.79. The van der Waals surface area contributed by atoms with Crippen LogP contribution in [0.3, 0.4) is 0 Å². The number of anilines is 2. The van der Waals surface area contributed by atoms with E-state index in [-0.39, 0.29) is 5.91 Å². The average Bonchev–Trinajstić information content (AvgIpc) is 2.54. The Balaban J connectivity index is 1.98. The molecular formula is C17H19N3O. The molecule has 0 unspecified atom stereocenters. The van der Waals surface area contributed by atoms with Crippen molar-refractivity contribution >= 4 is 17.3 Å². The van der Waals surface area contributed by atoms with Crippen molar-refractivity contribution in [3.8, 4) is 0 Å². The Bertz CT molecular complexity index is 639. The van der Waals surface area contributed by atoms with E-state index in [1.165, 1.54) is 0 Å². The van der Waals surface area contributed by atoms with Gasteiger partial charge in [0.2, 0.25) is 0 Å². The van der Waals surface area contributed by atoms with Crippen molar-refractivity contribution in [2.24, 2.45) is 0 Å². The van der Waals surface area contributed by atoms with Crippen molar-refractivity contribution in [1.82, 2.24) is 4.98 Å². The van der Waals surface area contributed by atoms with Crippen molar-refractivity contribution in [3.05, 3.63) is 54.4 Å². The zero-order valence-electron chi connectivity index (χ0n) is 12.4. The van der Waals surface area contributed by atoms with Crippen LogP contribution in [0.2, 0.25) is 0 Å². The first-order chi connectivity index (χ1) is 10.2. The van der Waals surface area contributed by atoms with Gasteiger partial charge in [0, 0.05) is 37.1 Å². The highest BCUT2D eigenvalue weighted by Crippen LogP contribution is 2.34. The van der Waals surface area contributed by atoms with Gasteiger partial charge in [0.25, 0.3) is 5.91 Å². The molecule has 0 spiro atoms. The summed E-state index contributed by atoms with van der Waals surface area (Å²) >= 11 is 0. The first kappa shape index (κ1) is 13.6. The van der Waals surface area contributed by atoms with Gasteiger partial charge in [0.1, 0.15) is 0 Å². The van der Waals surface area contributed by atoms with E-state index < -0.39 is 0 Å². The highest BCUT2D eigenvalue weighted by atomic mass is 16.2. The maximum absolute atomic E-state index is 12.7. The van der Waals surface area contributed by atoms with Gasteiger partial charge in [-0.25, -0.2) is 0 Å². The Morgan fingerprint density at radius 2 is 1.71 bits per heavy atom. The number of nitrogens with zero attached hydrogens (tertiary/aromatic N) is 3. The van der Waals surface area contributed by atoms with Crippen LogP contribution in [0.1, 0.15) is 24.2 Å². The zero-order valence-corrected chi connectivity index (χ0v) is 12.4. The second-order valence-corrected chi connectivity index (χ2v) is 5.47. The molecule has 1 amide bonds. The number of carbonyl (C=O) groups excluding carboxylic acids is 1. The Morgan fingerprint density at radius 1 is 1.05 bits per heavy atom. The maximum atomic E-state index is 12.7. The van der Waals surface area contributed by atoms with E-state index in [1.54, 1.807) is 24.5 Å². The summed E-state index contributed by atoms with van der Waals surface area (Å²) in [7, 11) is 0. The molecule has 21 heavy (non-hydrogen) atoms. The van der Waals surface area contributed by atoms with Crippen LogP contribution in [0, 0.1) is 0 Å². The molecule has 0 N–H and O–H groups in total. The average molecular weight is 281 g/mol. The second kappa shape index (κ2) is 5.56. The number of aromatic nitrogens is 1. The topological polar surface area (TPSA) is 36.4 Å². The van der Waals surface area contributed by atoms with Gasteiger partial charge in [-0.15, -0.1) is 0 Å². The monoisotopic (exact) mass is 281 g/mol. The fourth-order valence-electron chi connectivity index (χ4n) is 2.78. The van der Waals surface area contributed by atoms with E-state index in [4.69, 9.17) is 0 Å². The molecule has 3 rings (SSSR count). The van der Waals surface area contributed by atoms with Crippen molar-refractivity contribution in [2.45, 2.75) is 19.9 Å². The molecule has 0 fully saturated rings. The van der Waals surface area contributed by atoms with Gasteiger partial charge in [0.05, 0.1) is 11.4 Å². The number of carbonyl (C=O) groups is 1. The predicted octanol–water partition coefficient (Wildman–Crippen LogP) is 2.96. The van der Waals surface area contributed by atoms with E-state index >= 15 is 0 Å². The van der Waals surface area contributed by atoms with Crippen molar-refractivity contribution in [1.29, 1.82) is 0 Å². The maximum Gasteiger partial charge on any atom is 0.258 e. The summed E-state index contributed by atoms with van der Waals surface area (Å²) in [5.74, 6) is 0.0354. The van der Waals surface area contributed by atoms with Crippen LogP contribution < -0.4 is 9.80 Å². The molecule has 1 aromatic carbocycles. The summed E-state index contributed by atoms with van der Waals surface area (Å²) in [6.07, 6.45) is 3.31. The van der Waals surface area contributed by atoms with E-state index in [0.717, 1.165) is 17.9 Å². The van der Waals surface area contributed by atoms with Crippen LogP contribution >= 0.6 is 0 Å². The van der Waals surface area contributed by atoms with Crippen molar-refractivity contribution in [3.63, 3.8) is 0 Å².